The number of benzene rings is 2. The van der Waals surface area contributed by atoms with Gasteiger partial charge in [0.1, 0.15) is 0 Å². The van der Waals surface area contributed by atoms with Crippen LogP contribution in [0.15, 0.2) is 60.7 Å². The molecule has 0 saturated heterocycles. The highest BCUT2D eigenvalue weighted by Crippen LogP contribution is 2.39. The summed E-state index contributed by atoms with van der Waals surface area (Å²) in [6.45, 7) is 17.7. The van der Waals surface area contributed by atoms with Gasteiger partial charge in [-0.05, 0) is 20.4 Å². The van der Waals surface area contributed by atoms with E-state index in [1.54, 1.807) is 0 Å². The van der Waals surface area contributed by atoms with E-state index in [0.29, 0.717) is 5.04 Å². The molecule has 0 nitrogen and oxygen atoms in total. The van der Waals surface area contributed by atoms with E-state index < -0.39 is 14.8 Å². The summed E-state index contributed by atoms with van der Waals surface area (Å²) in [6, 6.07) is 21.1. The Morgan fingerprint density at radius 1 is 0.577 bits per heavy atom. The minimum atomic E-state index is -2.23. The van der Waals surface area contributed by atoms with E-state index in [9.17, 15) is 0 Å². The number of hydrogen-bond donors (Lipinski definition) is 0. The topological polar surface area (TPSA) is 0 Å². The SMILES string of the molecule is CC(C)(C)[Si](C)(C)Cl.CC(C)(C)[Si](Cl)(c1ccccc1)c1ccccc1. The van der Waals surface area contributed by atoms with E-state index in [-0.39, 0.29) is 5.04 Å². The van der Waals surface area contributed by atoms with Gasteiger partial charge in [-0.25, -0.2) is 0 Å². The molecule has 0 bridgehead atoms. The second kappa shape index (κ2) is 8.64. The first kappa shape index (κ1) is 23.5. The van der Waals surface area contributed by atoms with Gasteiger partial charge in [0.2, 0.25) is 7.38 Å². The maximum absolute atomic E-state index is 7.21. The molecule has 0 unspecified atom stereocenters. The molecule has 0 aliphatic heterocycles. The van der Waals surface area contributed by atoms with Crippen LogP contribution in [-0.4, -0.2) is 14.8 Å². The van der Waals surface area contributed by atoms with Crippen LogP contribution in [0.4, 0.5) is 0 Å². The molecule has 26 heavy (non-hydrogen) atoms. The Morgan fingerprint density at radius 3 is 1.04 bits per heavy atom. The zero-order chi connectivity index (χ0) is 20.2. The van der Waals surface area contributed by atoms with Gasteiger partial charge in [-0.3, -0.25) is 0 Å². The first-order valence-electron chi connectivity index (χ1n) is 9.20. The minimum absolute atomic E-state index is 0.0667. The quantitative estimate of drug-likeness (QED) is 0.358. The molecule has 0 amide bonds. The van der Waals surface area contributed by atoms with E-state index >= 15 is 0 Å². The molecule has 2 aromatic carbocycles. The van der Waals surface area contributed by atoms with Crippen LogP contribution in [0.1, 0.15) is 41.5 Å². The van der Waals surface area contributed by atoms with Crippen molar-refractivity contribution < 1.29 is 0 Å². The van der Waals surface area contributed by atoms with Gasteiger partial charge in [0.25, 0.3) is 0 Å². The smallest absolute Gasteiger partial charge is 0.167 e. The molecule has 0 radical (unpaired) electrons. The van der Waals surface area contributed by atoms with E-state index in [1.807, 2.05) is 12.1 Å². The second-order valence-corrected chi connectivity index (χ2v) is 22.3. The first-order valence-corrected chi connectivity index (χ1v) is 16.2. The van der Waals surface area contributed by atoms with Crippen molar-refractivity contribution in [2.45, 2.75) is 64.7 Å². The summed E-state index contributed by atoms with van der Waals surface area (Å²) in [7, 11) is -3.62. The van der Waals surface area contributed by atoms with Crippen LogP contribution >= 0.6 is 22.2 Å². The maximum atomic E-state index is 7.21. The van der Waals surface area contributed by atoms with E-state index in [2.05, 4.69) is 103 Å². The fourth-order valence-electron chi connectivity index (χ4n) is 2.37. The van der Waals surface area contributed by atoms with Gasteiger partial charge in [0, 0.05) is 0 Å². The summed E-state index contributed by atoms with van der Waals surface area (Å²) in [4.78, 5) is 0. The molecule has 0 aliphatic carbocycles. The third-order valence-electron chi connectivity index (χ3n) is 5.16. The summed E-state index contributed by atoms with van der Waals surface area (Å²) in [5.74, 6) is 0. The number of hydrogen-bond acceptors (Lipinski definition) is 0. The lowest BCUT2D eigenvalue weighted by atomic mass is 10.2. The highest BCUT2D eigenvalue weighted by atomic mass is 35.6. The highest BCUT2D eigenvalue weighted by Gasteiger charge is 2.46. The van der Waals surface area contributed by atoms with Crippen molar-refractivity contribution in [3.05, 3.63) is 60.7 Å². The summed E-state index contributed by atoms with van der Waals surface area (Å²) >= 11 is 13.4. The average molecular weight is 426 g/mol. The standard InChI is InChI=1S/C16H19ClSi.C6H15ClSi/c1-16(2,3)18(17,14-10-6-4-7-11-14)15-12-8-5-9-13-15;1-6(2,3)8(4,5)7/h4-13H,1-3H3;1-5H3. The van der Waals surface area contributed by atoms with Gasteiger partial charge in [-0.1, -0.05) is 115 Å². The molecule has 0 aliphatic rings. The van der Waals surface area contributed by atoms with Crippen molar-refractivity contribution in [1.29, 1.82) is 0 Å². The maximum Gasteiger partial charge on any atom is 0.222 e. The Bertz CT molecular complexity index is 612. The molecule has 2 rings (SSSR count). The Labute approximate surface area is 172 Å². The van der Waals surface area contributed by atoms with Crippen molar-refractivity contribution in [2.24, 2.45) is 0 Å². The van der Waals surface area contributed by atoms with Crippen molar-refractivity contribution in [2.75, 3.05) is 0 Å². The molecule has 0 N–H and O–H groups in total. The lowest BCUT2D eigenvalue weighted by Gasteiger charge is -2.38. The van der Waals surface area contributed by atoms with Gasteiger partial charge < -0.3 is 0 Å². The van der Waals surface area contributed by atoms with Gasteiger partial charge >= 0.3 is 0 Å². The molecule has 0 atom stereocenters. The van der Waals surface area contributed by atoms with E-state index in [1.165, 1.54) is 10.4 Å². The lowest BCUT2D eigenvalue weighted by Crippen LogP contribution is -2.59. The third kappa shape index (κ3) is 5.72. The molecule has 2 aromatic rings. The zero-order valence-electron chi connectivity index (χ0n) is 17.5. The number of halogens is 2. The Balaban J connectivity index is 0.000000359. The molecule has 0 aromatic heterocycles. The third-order valence-corrected chi connectivity index (χ3v) is 17.8. The number of rotatable bonds is 2. The molecule has 0 fully saturated rings. The lowest BCUT2D eigenvalue weighted by molar-refractivity contribution is 0.735. The van der Waals surface area contributed by atoms with Crippen molar-refractivity contribution in [3.8, 4) is 0 Å². The molecule has 144 valence electrons. The first-order chi connectivity index (χ1) is 11.7. The predicted molar refractivity (Wildman–Crippen MR) is 127 cm³/mol. The van der Waals surface area contributed by atoms with Crippen LogP contribution in [-0.2, 0) is 0 Å². The molecule has 0 heterocycles. The van der Waals surface area contributed by atoms with Gasteiger partial charge in [-0.15, -0.1) is 0 Å². The van der Waals surface area contributed by atoms with Crippen molar-refractivity contribution in [3.63, 3.8) is 0 Å². The van der Waals surface area contributed by atoms with Crippen molar-refractivity contribution in [1.82, 2.24) is 0 Å². The molecular weight excluding hydrogens is 391 g/mol. The predicted octanol–water partition coefficient (Wildman–Crippen LogP) is 7.02. The fraction of sp³-hybridized carbons (Fsp3) is 0.455. The Morgan fingerprint density at radius 2 is 0.846 bits per heavy atom. The zero-order valence-corrected chi connectivity index (χ0v) is 21.0. The second-order valence-electron chi connectivity index (χ2n) is 9.36. The van der Waals surface area contributed by atoms with Gasteiger partial charge in [0.15, 0.2) is 7.38 Å². The van der Waals surface area contributed by atoms with Crippen molar-refractivity contribution >= 4 is 47.3 Å². The van der Waals surface area contributed by atoms with Crippen LogP contribution in [0.2, 0.25) is 23.2 Å². The molecule has 0 spiro atoms. The van der Waals surface area contributed by atoms with Crippen LogP contribution in [0, 0.1) is 0 Å². The minimum Gasteiger partial charge on any atom is -0.167 e. The fourth-order valence-corrected chi connectivity index (χ4v) is 6.49. The van der Waals surface area contributed by atoms with E-state index in [4.69, 9.17) is 22.2 Å². The highest BCUT2D eigenvalue weighted by molar-refractivity contribution is 7.35. The molecular formula is C22H34Cl2Si2. The van der Waals surface area contributed by atoms with Crippen LogP contribution in [0.3, 0.4) is 0 Å². The molecule has 0 saturated carbocycles. The van der Waals surface area contributed by atoms with Crippen LogP contribution < -0.4 is 10.4 Å². The summed E-state index contributed by atoms with van der Waals surface area (Å²) in [5.41, 5.74) is 0. The summed E-state index contributed by atoms with van der Waals surface area (Å²) < 4.78 is 0. The van der Waals surface area contributed by atoms with E-state index in [0.717, 1.165) is 0 Å². The largest absolute Gasteiger partial charge is 0.222 e. The Hall–Kier alpha value is -0.546. The molecule has 4 heteroatoms. The summed E-state index contributed by atoms with van der Waals surface area (Å²) in [6.07, 6.45) is 0. The Kier molecular flexibility index (Phi) is 7.81. The summed E-state index contributed by atoms with van der Waals surface area (Å²) in [5, 5.41) is 2.97. The van der Waals surface area contributed by atoms with Gasteiger partial charge in [0.05, 0.1) is 0 Å². The average Bonchev–Trinajstić information content (AvgIpc) is 2.53. The van der Waals surface area contributed by atoms with Gasteiger partial charge in [-0.2, -0.15) is 22.2 Å². The van der Waals surface area contributed by atoms with Crippen LogP contribution in [0.25, 0.3) is 0 Å². The van der Waals surface area contributed by atoms with Crippen LogP contribution in [0.5, 0.6) is 0 Å². The monoisotopic (exact) mass is 424 g/mol. The normalized spacial score (nSPS) is 13.0.